The third-order valence-corrected chi connectivity index (χ3v) is 1.74. The molecule has 0 spiro atoms. The van der Waals surface area contributed by atoms with E-state index in [0.29, 0.717) is 5.82 Å². The van der Waals surface area contributed by atoms with Gasteiger partial charge in [-0.3, -0.25) is 5.10 Å². The molecule has 0 atom stereocenters. The van der Waals surface area contributed by atoms with Crippen molar-refractivity contribution in [1.82, 2.24) is 10.2 Å². The van der Waals surface area contributed by atoms with Crippen LogP contribution in [0.2, 0.25) is 0 Å². The van der Waals surface area contributed by atoms with Crippen LogP contribution < -0.4 is 5.32 Å². The minimum Gasteiger partial charge on any atom is -0.338 e. The summed E-state index contributed by atoms with van der Waals surface area (Å²) in [5.41, 5.74) is 3.32. The largest absolute Gasteiger partial charge is 0.338 e. The summed E-state index contributed by atoms with van der Waals surface area (Å²) in [6, 6.07) is 1.89. The quantitative estimate of drug-likeness (QED) is 0.551. The average molecular weight is 191 g/mol. The molecule has 0 aliphatic carbocycles. The van der Waals surface area contributed by atoms with Gasteiger partial charge in [-0.2, -0.15) is 5.10 Å². The van der Waals surface area contributed by atoms with Crippen molar-refractivity contribution in [3.8, 4) is 0 Å². The van der Waals surface area contributed by atoms with E-state index in [1.165, 1.54) is 12.1 Å². The normalized spacial score (nSPS) is 10.2. The molecule has 0 radical (unpaired) electrons. The topological polar surface area (TPSA) is 57.8 Å². The van der Waals surface area contributed by atoms with E-state index in [-0.39, 0.29) is 5.41 Å². The van der Waals surface area contributed by atoms with Gasteiger partial charge in [0.05, 0.1) is 6.20 Å². The molecule has 0 aromatic carbocycles. The molecule has 0 unspecified atom stereocenters. The maximum atomic E-state index is 9.82. The van der Waals surface area contributed by atoms with Gasteiger partial charge in [-0.25, -0.2) is 4.79 Å². The van der Waals surface area contributed by atoms with Crippen molar-refractivity contribution in [3.63, 3.8) is 0 Å². The fourth-order valence-corrected chi connectivity index (χ4v) is 0.919. The van der Waals surface area contributed by atoms with Crippen LogP contribution in [0, 0.1) is 0 Å². The van der Waals surface area contributed by atoms with Crippen LogP contribution in [-0.2, 0) is 10.2 Å². The Labute approximate surface area is 82.7 Å². The number of anilines is 1. The van der Waals surface area contributed by atoms with Gasteiger partial charge in [0.25, 0.3) is 0 Å². The predicted molar refractivity (Wildman–Crippen MR) is 54.7 cm³/mol. The Morgan fingerprint density at radius 3 is 2.79 bits per heavy atom. The molecule has 1 rings (SSSR count). The molecule has 2 N–H and O–H groups in total. The van der Waals surface area contributed by atoms with E-state index in [9.17, 15) is 4.79 Å². The van der Waals surface area contributed by atoms with Gasteiger partial charge in [-0.1, -0.05) is 20.8 Å². The van der Waals surface area contributed by atoms with Crippen molar-refractivity contribution in [2.24, 2.45) is 0 Å². The maximum absolute atomic E-state index is 9.82. The van der Waals surface area contributed by atoms with Crippen molar-refractivity contribution in [2.75, 3.05) is 5.32 Å². The number of nitrogens with one attached hydrogen (secondary N) is 2. The Bertz CT molecular complexity index is 388. The highest BCUT2D eigenvalue weighted by molar-refractivity contribution is 5.46. The van der Waals surface area contributed by atoms with E-state index in [0.717, 1.165) is 5.69 Å². The second-order valence-electron chi connectivity index (χ2n) is 3.95. The molecule has 14 heavy (non-hydrogen) atoms. The lowest BCUT2D eigenvalue weighted by atomic mass is 9.92. The molecule has 0 saturated heterocycles. The summed E-state index contributed by atoms with van der Waals surface area (Å²) >= 11 is 0. The Morgan fingerprint density at radius 1 is 1.57 bits per heavy atom. The highest BCUT2D eigenvalue weighted by Gasteiger charge is 2.15. The summed E-state index contributed by atoms with van der Waals surface area (Å²) in [6.45, 7) is 6.27. The van der Waals surface area contributed by atoms with Crippen LogP contribution in [0.5, 0.6) is 0 Å². The third kappa shape index (κ3) is 2.63. The number of carbonyl (C=O) groups excluding carboxylic acids is 1. The molecule has 1 aromatic heterocycles. The van der Waals surface area contributed by atoms with E-state index in [2.05, 4.69) is 42.0 Å². The first-order valence-electron chi connectivity index (χ1n) is 4.31. The van der Waals surface area contributed by atoms with Gasteiger partial charge in [-0.15, -0.1) is 0 Å². The molecule has 1 aromatic rings. The molecular weight excluding hydrogens is 178 g/mol. The summed E-state index contributed by atoms with van der Waals surface area (Å²) in [5, 5.41) is 9.73. The van der Waals surface area contributed by atoms with Gasteiger partial charge in [0.2, 0.25) is 0 Å². The summed E-state index contributed by atoms with van der Waals surface area (Å²) in [5.74, 6) is 2.18. The second-order valence-corrected chi connectivity index (χ2v) is 3.95. The van der Waals surface area contributed by atoms with E-state index >= 15 is 0 Å². The smallest absolute Gasteiger partial charge is 0.178 e. The summed E-state index contributed by atoms with van der Waals surface area (Å²) in [4.78, 5) is 9.82. The first-order chi connectivity index (χ1) is 6.54. The second kappa shape index (κ2) is 3.97. The Kier molecular flexibility index (Phi) is 2.92. The Hall–Kier alpha value is -1.76. The number of hydrogen-bond donors (Lipinski definition) is 2. The molecule has 0 bridgehead atoms. The lowest BCUT2D eigenvalue weighted by Crippen LogP contribution is -2.11. The molecule has 0 aliphatic rings. The molecule has 0 saturated carbocycles. The van der Waals surface area contributed by atoms with Crippen molar-refractivity contribution in [1.29, 1.82) is 0 Å². The molecule has 0 amide bonds. The maximum Gasteiger partial charge on any atom is 0.178 e. The SMILES string of the molecule is CC(C)(C)c1cc(NC=C=C=O)n[nH]1. The molecule has 74 valence electrons. The standard InChI is InChI=1S/C10H13N3O/c1-10(2,3)8-7-9(13-12-8)11-5-4-6-14/h5,7H,1-3H3,(H2,11,12,13). The van der Waals surface area contributed by atoms with Crippen LogP contribution in [0.15, 0.2) is 18.0 Å². The van der Waals surface area contributed by atoms with Crippen molar-refractivity contribution < 1.29 is 4.79 Å². The number of nitrogens with zero attached hydrogens (tertiary/aromatic N) is 1. The lowest BCUT2D eigenvalue weighted by molar-refractivity contribution is 0.567. The zero-order valence-corrected chi connectivity index (χ0v) is 8.51. The minimum atomic E-state index is 0.0388. The van der Waals surface area contributed by atoms with Crippen LogP contribution in [0.25, 0.3) is 0 Å². The minimum absolute atomic E-state index is 0.0388. The zero-order valence-electron chi connectivity index (χ0n) is 8.51. The number of aromatic nitrogens is 2. The van der Waals surface area contributed by atoms with E-state index in [4.69, 9.17) is 0 Å². The van der Waals surface area contributed by atoms with Crippen molar-refractivity contribution in [2.45, 2.75) is 26.2 Å². The van der Waals surface area contributed by atoms with Gasteiger partial charge in [0, 0.05) is 17.2 Å². The van der Waals surface area contributed by atoms with Gasteiger partial charge >= 0.3 is 0 Å². The Morgan fingerprint density at radius 2 is 2.29 bits per heavy atom. The van der Waals surface area contributed by atoms with Gasteiger partial charge in [-0.05, 0) is 5.73 Å². The number of hydrogen-bond acceptors (Lipinski definition) is 3. The van der Waals surface area contributed by atoms with Gasteiger partial charge < -0.3 is 5.32 Å². The summed E-state index contributed by atoms with van der Waals surface area (Å²) in [7, 11) is 0. The van der Waals surface area contributed by atoms with E-state index < -0.39 is 0 Å². The average Bonchev–Trinajstić information content (AvgIpc) is 2.52. The molecule has 0 aliphatic heterocycles. The van der Waals surface area contributed by atoms with Gasteiger partial charge in [0.15, 0.2) is 11.8 Å². The highest BCUT2D eigenvalue weighted by Crippen LogP contribution is 2.21. The number of H-pyrrole nitrogens is 1. The van der Waals surface area contributed by atoms with E-state index in [1.807, 2.05) is 6.07 Å². The zero-order chi connectivity index (χ0) is 10.6. The summed E-state index contributed by atoms with van der Waals surface area (Å²) < 4.78 is 0. The van der Waals surface area contributed by atoms with Crippen LogP contribution in [0.4, 0.5) is 5.82 Å². The molecule has 1 heterocycles. The summed E-state index contributed by atoms with van der Waals surface area (Å²) in [6.07, 6.45) is 1.37. The van der Waals surface area contributed by atoms with Crippen molar-refractivity contribution in [3.05, 3.63) is 23.7 Å². The molecular formula is C10H13N3O. The fourth-order valence-electron chi connectivity index (χ4n) is 0.919. The number of aromatic amines is 1. The monoisotopic (exact) mass is 191 g/mol. The van der Waals surface area contributed by atoms with Crippen LogP contribution in [-0.4, -0.2) is 16.1 Å². The lowest BCUT2D eigenvalue weighted by Gasteiger charge is -2.14. The van der Waals surface area contributed by atoms with Gasteiger partial charge in [0.1, 0.15) is 0 Å². The van der Waals surface area contributed by atoms with E-state index in [1.54, 1.807) is 0 Å². The van der Waals surface area contributed by atoms with Crippen LogP contribution in [0.3, 0.4) is 0 Å². The molecule has 0 fully saturated rings. The first-order valence-corrected chi connectivity index (χ1v) is 4.31. The van der Waals surface area contributed by atoms with Crippen LogP contribution >= 0.6 is 0 Å². The Balaban J connectivity index is 2.79. The third-order valence-electron chi connectivity index (χ3n) is 1.74. The molecule has 4 nitrogen and oxygen atoms in total. The molecule has 4 heteroatoms. The van der Waals surface area contributed by atoms with Crippen molar-refractivity contribution >= 4 is 11.8 Å². The fraction of sp³-hybridized carbons (Fsp3) is 0.400. The first kappa shape index (κ1) is 10.3. The predicted octanol–water partition coefficient (Wildman–Crippen LogP) is 1.62. The number of rotatable bonds is 2. The highest BCUT2D eigenvalue weighted by atomic mass is 16.1. The van der Waals surface area contributed by atoms with Crippen LogP contribution in [0.1, 0.15) is 26.5 Å².